The fourth-order valence-electron chi connectivity index (χ4n) is 2.12. The van der Waals surface area contributed by atoms with Gasteiger partial charge in [-0.1, -0.05) is 24.3 Å². The first-order chi connectivity index (χ1) is 12.0. The van der Waals surface area contributed by atoms with Gasteiger partial charge in [-0.25, -0.2) is 4.79 Å². The number of hydrogen-bond acceptors (Lipinski definition) is 7. The van der Waals surface area contributed by atoms with E-state index in [9.17, 15) is 14.9 Å². The topological polar surface area (TPSA) is 108 Å². The van der Waals surface area contributed by atoms with Crippen molar-refractivity contribution in [2.24, 2.45) is 0 Å². The molecule has 0 unspecified atom stereocenters. The second-order valence-corrected chi connectivity index (χ2v) is 5.17. The summed E-state index contributed by atoms with van der Waals surface area (Å²) in [4.78, 5) is 22.3. The number of nitrogens with zero attached hydrogens (tertiary/aromatic N) is 3. The molecule has 1 heterocycles. The van der Waals surface area contributed by atoms with Crippen LogP contribution in [0.5, 0.6) is 0 Å². The highest BCUT2D eigenvalue weighted by Crippen LogP contribution is 2.23. The predicted molar refractivity (Wildman–Crippen MR) is 86.7 cm³/mol. The highest BCUT2D eigenvalue weighted by atomic mass is 16.6. The van der Waals surface area contributed by atoms with Gasteiger partial charge in [0.15, 0.2) is 6.10 Å². The van der Waals surface area contributed by atoms with Crippen molar-refractivity contribution in [3.05, 3.63) is 76.2 Å². The maximum atomic E-state index is 12.1. The number of non-ortho nitro benzene ring substituents is 1. The van der Waals surface area contributed by atoms with Crippen LogP contribution in [0.3, 0.4) is 0 Å². The van der Waals surface area contributed by atoms with Gasteiger partial charge in [-0.15, -0.1) is 10.2 Å². The minimum absolute atomic E-state index is 0.0730. The number of nitro benzene ring substituents is 1. The number of carbonyl (C=O) groups excluding carboxylic acids is 1. The molecule has 0 amide bonds. The zero-order valence-corrected chi connectivity index (χ0v) is 13.2. The fraction of sp³-hybridized carbons (Fsp3) is 0.118. The van der Waals surface area contributed by atoms with Crippen molar-refractivity contribution in [2.75, 3.05) is 0 Å². The quantitative estimate of drug-likeness (QED) is 0.397. The van der Waals surface area contributed by atoms with E-state index >= 15 is 0 Å². The standard InChI is InChI=1S/C17H13N3O5/c1-11(15-18-19-16(25-15)12-6-3-2-4-7-12)24-17(21)13-8-5-9-14(10-13)20(22)23/h2-11H,1H3/t11-/m1/s1. The van der Waals surface area contributed by atoms with Crippen LogP contribution in [0.2, 0.25) is 0 Å². The summed E-state index contributed by atoms with van der Waals surface area (Å²) in [6.07, 6.45) is -0.795. The van der Waals surface area contributed by atoms with E-state index in [-0.39, 0.29) is 17.1 Å². The second-order valence-electron chi connectivity index (χ2n) is 5.17. The summed E-state index contributed by atoms with van der Waals surface area (Å²) in [5.41, 5.74) is 0.633. The number of carbonyl (C=O) groups is 1. The van der Waals surface area contributed by atoms with Crippen molar-refractivity contribution in [1.29, 1.82) is 0 Å². The lowest BCUT2D eigenvalue weighted by molar-refractivity contribution is -0.384. The van der Waals surface area contributed by atoms with Crippen LogP contribution in [-0.2, 0) is 4.74 Å². The lowest BCUT2D eigenvalue weighted by Crippen LogP contribution is -2.09. The summed E-state index contributed by atoms with van der Waals surface area (Å²) >= 11 is 0. The molecule has 2 aromatic carbocycles. The summed E-state index contributed by atoms with van der Waals surface area (Å²) in [7, 11) is 0. The van der Waals surface area contributed by atoms with Crippen LogP contribution in [0.1, 0.15) is 29.3 Å². The molecule has 8 nitrogen and oxygen atoms in total. The van der Waals surface area contributed by atoms with Gasteiger partial charge in [0.2, 0.25) is 5.89 Å². The molecule has 1 aromatic heterocycles. The van der Waals surface area contributed by atoms with Crippen molar-refractivity contribution in [3.63, 3.8) is 0 Å². The van der Waals surface area contributed by atoms with Crippen LogP contribution in [0.15, 0.2) is 59.0 Å². The average Bonchev–Trinajstić information content (AvgIpc) is 3.13. The molecule has 3 aromatic rings. The van der Waals surface area contributed by atoms with E-state index < -0.39 is 17.0 Å². The Morgan fingerprint density at radius 3 is 2.64 bits per heavy atom. The number of benzene rings is 2. The molecule has 0 aliphatic carbocycles. The molecule has 8 heteroatoms. The van der Waals surface area contributed by atoms with Gasteiger partial charge < -0.3 is 9.15 Å². The number of hydrogen-bond donors (Lipinski definition) is 0. The van der Waals surface area contributed by atoms with Crippen LogP contribution in [0.4, 0.5) is 5.69 Å². The van der Waals surface area contributed by atoms with Gasteiger partial charge in [-0.05, 0) is 25.1 Å². The van der Waals surface area contributed by atoms with Gasteiger partial charge in [-0.2, -0.15) is 0 Å². The number of aromatic nitrogens is 2. The van der Waals surface area contributed by atoms with E-state index in [2.05, 4.69) is 10.2 Å². The maximum absolute atomic E-state index is 12.1. The van der Waals surface area contributed by atoms with E-state index in [1.54, 1.807) is 6.92 Å². The maximum Gasteiger partial charge on any atom is 0.339 e. The second kappa shape index (κ2) is 6.91. The Hall–Kier alpha value is -3.55. The Morgan fingerprint density at radius 2 is 1.92 bits per heavy atom. The van der Waals surface area contributed by atoms with Crippen LogP contribution in [-0.4, -0.2) is 21.1 Å². The van der Waals surface area contributed by atoms with Gasteiger partial charge >= 0.3 is 5.97 Å². The van der Waals surface area contributed by atoms with E-state index in [4.69, 9.17) is 9.15 Å². The molecule has 126 valence electrons. The summed E-state index contributed by atoms with van der Waals surface area (Å²) in [6.45, 7) is 1.58. The highest BCUT2D eigenvalue weighted by molar-refractivity contribution is 5.90. The van der Waals surface area contributed by atoms with Crippen molar-refractivity contribution < 1.29 is 18.9 Å². The Kier molecular flexibility index (Phi) is 4.51. The van der Waals surface area contributed by atoms with Gasteiger partial charge in [0, 0.05) is 17.7 Å². The van der Waals surface area contributed by atoms with Gasteiger partial charge in [-0.3, -0.25) is 10.1 Å². The predicted octanol–water partition coefficient (Wildman–Crippen LogP) is 3.56. The van der Waals surface area contributed by atoms with Crippen molar-refractivity contribution in [1.82, 2.24) is 10.2 Å². The SMILES string of the molecule is C[C@@H](OC(=O)c1cccc([N+](=O)[O-])c1)c1nnc(-c2ccccc2)o1. The Labute approximate surface area is 142 Å². The first-order valence-corrected chi connectivity index (χ1v) is 7.39. The number of nitro groups is 1. The number of esters is 1. The number of rotatable bonds is 5. The third-order valence-corrected chi connectivity index (χ3v) is 3.39. The molecular formula is C17H13N3O5. The van der Waals surface area contributed by atoms with Crippen LogP contribution < -0.4 is 0 Å². The number of ether oxygens (including phenoxy) is 1. The molecule has 0 bridgehead atoms. The van der Waals surface area contributed by atoms with Crippen LogP contribution in [0, 0.1) is 10.1 Å². The molecule has 1 atom stereocenters. The lowest BCUT2D eigenvalue weighted by atomic mass is 10.2. The molecular weight excluding hydrogens is 326 g/mol. The van der Waals surface area contributed by atoms with E-state index in [0.717, 1.165) is 11.6 Å². The summed E-state index contributed by atoms with van der Waals surface area (Å²) < 4.78 is 10.8. The highest BCUT2D eigenvalue weighted by Gasteiger charge is 2.21. The molecule has 0 saturated heterocycles. The van der Waals surface area contributed by atoms with Crippen molar-refractivity contribution in [3.8, 4) is 11.5 Å². The fourth-order valence-corrected chi connectivity index (χ4v) is 2.12. The first-order valence-electron chi connectivity index (χ1n) is 7.39. The van der Waals surface area contributed by atoms with Gasteiger partial charge in [0.1, 0.15) is 0 Å². The average molecular weight is 339 g/mol. The Bertz CT molecular complexity index is 907. The smallest absolute Gasteiger partial charge is 0.339 e. The molecule has 25 heavy (non-hydrogen) atoms. The molecule has 0 saturated carbocycles. The zero-order valence-electron chi connectivity index (χ0n) is 13.2. The largest absolute Gasteiger partial charge is 0.449 e. The zero-order chi connectivity index (χ0) is 17.8. The van der Waals surface area contributed by atoms with Crippen molar-refractivity contribution >= 4 is 11.7 Å². The van der Waals surface area contributed by atoms with E-state index in [1.807, 2.05) is 30.3 Å². The first kappa shape index (κ1) is 16.3. The summed E-state index contributed by atoms with van der Waals surface area (Å²) in [5, 5.41) is 18.6. The molecule has 0 N–H and O–H groups in total. The van der Waals surface area contributed by atoms with Gasteiger partial charge in [0.25, 0.3) is 11.6 Å². The lowest BCUT2D eigenvalue weighted by Gasteiger charge is -2.09. The van der Waals surface area contributed by atoms with Gasteiger partial charge in [0.05, 0.1) is 10.5 Å². The molecule has 3 rings (SSSR count). The Morgan fingerprint density at radius 1 is 1.16 bits per heavy atom. The summed E-state index contributed by atoms with van der Waals surface area (Å²) in [6, 6.07) is 14.5. The molecule has 0 aliphatic rings. The third-order valence-electron chi connectivity index (χ3n) is 3.39. The van der Waals surface area contributed by atoms with Crippen LogP contribution >= 0.6 is 0 Å². The van der Waals surface area contributed by atoms with Crippen molar-refractivity contribution in [2.45, 2.75) is 13.0 Å². The Balaban J connectivity index is 1.73. The van der Waals surface area contributed by atoms with E-state index in [1.165, 1.54) is 18.2 Å². The van der Waals surface area contributed by atoms with Crippen LogP contribution in [0.25, 0.3) is 11.5 Å². The molecule has 0 radical (unpaired) electrons. The monoisotopic (exact) mass is 339 g/mol. The molecule has 0 fully saturated rings. The minimum Gasteiger partial charge on any atom is -0.449 e. The minimum atomic E-state index is -0.795. The third kappa shape index (κ3) is 3.69. The molecule has 0 spiro atoms. The molecule has 0 aliphatic heterocycles. The summed E-state index contributed by atoms with van der Waals surface area (Å²) in [5.74, 6) is -0.262. The van der Waals surface area contributed by atoms with E-state index in [0.29, 0.717) is 5.89 Å². The normalized spacial score (nSPS) is 11.7.